The van der Waals surface area contributed by atoms with Crippen LogP contribution in [-0.2, 0) is 0 Å². The minimum absolute atomic E-state index is 0.319. The van der Waals surface area contributed by atoms with E-state index in [1.165, 1.54) is 0 Å². The molecule has 0 spiro atoms. The van der Waals surface area contributed by atoms with Crippen molar-refractivity contribution in [2.45, 2.75) is 4.96 Å². The molecule has 0 aromatic heterocycles. The van der Waals surface area contributed by atoms with E-state index >= 15 is 0 Å². The maximum Gasteiger partial charge on any atom is 0.240 e. The van der Waals surface area contributed by atoms with Crippen molar-refractivity contribution in [1.29, 1.82) is 0 Å². The van der Waals surface area contributed by atoms with Gasteiger partial charge in [-0.15, -0.1) is 0 Å². The molecular formula is C4H10Cl2N+. The standard InChI is InChI=1S/C4H10Cl2N/c1-7(2,3)4(5)6/h4H,1-3H3/q+1. The van der Waals surface area contributed by atoms with Crippen LogP contribution in [0.15, 0.2) is 0 Å². The summed E-state index contributed by atoms with van der Waals surface area (Å²) in [6.07, 6.45) is 0. The number of alkyl halides is 2. The molecule has 1 nitrogen and oxygen atoms in total. The van der Waals surface area contributed by atoms with Crippen LogP contribution in [0, 0.1) is 0 Å². The van der Waals surface area contributed by atoms with E-state index in [1.54, 1.807) is 0 Å². The summed E-state index contributed by atoms with van der Waals surface area (Å²) in [6, 6.07) is 0. The summed E-state index contributed by atoms with van der Waals surface area (Å²) in [5.74, 6) is 0. The van der Waals surface area contributed by atoms with Crippen LogP contribution in [-0.4, -0.2) is 30.6 Å². The molecule has 0 saturated carbocycles. The third-order valence-corrected chi connectivity index (χ3v) is 1.76. The lowest BCUT2D eigenvalue weighted by Crippen LogP contribution is -2.38. The number of rotatable bonds is 1. The van der Waals surface area contributed by atoms with E-state index in [-0.39, 0.29) is 4.96 Å². The fraction of sp³-hybridized carbons (Fsp3) is 1.00. The van der Waals surface area contributed by atoms with Crippen molar-refractivity contribution >= 4 is 23.2 Å². The summed E-state index contributed by atoms with van der Waals surface area (Å²) in [5.41, 5.74) is 0. The highest BCUT2D eigenvalue weighted by Crippen LogP contribution is 2.10. The van der Waals surface area contributed by atoms with Gasteiger partial charge in [-0.05, 0) is 23.2 Å². The topological polar surface area (TPSA) is 0 Å². The van der Waals surface area contributed by atoms with Gasteiger partial charge in [0.1, 0.15) is 0 Å². The van der Waals surface area contributed by atoms with Crippen molar-refractivity contribution in [1.82, 2.24) is 0 Å². The maximum atomic E-state index is 5.49. The maximum absolute atomic E-state index is 5.49. The first kappa shape index (κ1) is 7.54. The molecule has 0 unspecified atom stereocenters. The Hall–Kier alpha value is 0.540. The van der Waals surface area contributed by atoms with E-state index in [2.05, 4.69) is 0 Å². The quantitative estimate of drug-likeness (QED) is 0.296. The molecule has 0 aliphatic carbocycles. The van der Waals surface area contributed by atoms with Gasteiger partial charge in [-0.25, -0.2) is 0 Å². The van der Waals surface area contributed by atoms with Gasteiger partial charge in [-0.3, -0.25) is 0 Å². The Kier molecular flexibility index (Phi) is 2.38. The van der Waals surface area contributed by atoms with Gasteiger partial charge in [-0.1, -0.05) is 0 Å². The first-order valence-corrected chi connectivity index (χ1v) is 2.91. The van der Waals surface area contributed by atoms with Crippen LogP contribution in [0.5, 0.6) is 0 Å². The Bertz CT molecular complexity index is 55.2. The molecule has 0 rings (SSSR count). The average Bonchev–Trinajstić information content (AvgIpc) is 1.31. The summed E-state index contributed by atoms with van der Waals surface area (Å²) >= 11 is 11.0. The monoisotopic (exact) mass is 142 g/mol. The zero-order valence-electron chi connectivity index (χ0n) is 4.78. The Balaban J connectivity index is 3.54. The molecule has 0 N–H and O–H groups in total. The first-order chi connectivity index (χ1) is 2.94. The Morgan fingerprint density at radius 2 is 1.29 bits per heavy atom. The second-order valence-electron chi connectivity index (χ2n) is 2.39. The zero-order valence-corrected chi connectivity index (χ0v) is 6.29. The molecule has 0 atom stereocenters. The van der Waals surface area contributed by atoms with Crippen molar-refractivity contribution in [3.63, 3.8) is 0 Å². The normalized spacial score (nSPS) is 12.9. The Morgan fingerprint density at radius 1 is 1.14 bits per heavy atom. The second-order valence-corrected chi connectivity index (χ2v) is 3.44. The molecule has 0 aliphatic rings. The summed E-state index contributed by atoms with van der Waals surface area (Å²) in [6.45, 7) is 0. The lowest BCUT2D eigenvalue weighted by molar-refractivity contribution is -0.870. The SMILES string of the molecule is C[N+](C)(C)C(Cl)Cl. The Morgan fingerprint density at radius 3 is 1.29 bits per heavy atom. The summed E-state index contributed by atoms with van der Waals surface area (Å²) in [4.78, 5) is -0.319. The molecule has 0 radical (unpaired) electrons. The van der Waals surface area contributed by atoms with Crippen molar-refractivity contribution in [2.75, 3.05) is 21.1 Å². The van der Waals surface area contributed by atoms with E-state index < -0.39 is 0 Å². The van der Waals surface area contributed by atoms with Gasteiger partial charge in [0.2, 0.25) is 4.96 Å². The fourth-order valence-corrected chi connectivity index (χ4v) is 0. The smallest absolute Gasteiger partial charge is 0.240 e. The molecule has 0 saturated heterocycles. The molecule has 0 aromatic carbocycles. The van der Waals surface area contributed by atoms with Crippen LogP contribution in [0.1, 0.15) is 0 Å². The Labute approximate surface area is 54.4 Å². The summed E-state index contributed by atoms with van der Waals surface area (Å²) < 4.78 is 0.586. The van der Waals surface area contributed by atoms with Gasteiger partial charge >= 0.3 is 0 Å². The molecule has 7 heavy (non-hydrogen) atoms. The fourth-order valence-electron chi connectivity index (χ4n) is 0. The van der Waals surface area contributed by atoms with E-state index in [9.17, 15) is 0 Å². The molecule has 44 valence electrons. The highest BCUT2D eigenvalue weighted by molar-refractivity contribution is 6.42. The third-order valence-electron chi connectivity index (χ3n) is 0.586. The van der Waals surface area contributed by atoms with Crippen molar-refractivity contribution in [3.05, 3.63) is 0 Å². The van der Waals surface area contributed by atoms with E-state index in [0.717, 1.165) is 0 Å². The van der Waals surface area contributed by atoms with Crippen LogP contribution in [0.4, 0.5) is 0 Å². The minimum Gasteiger partial charge on any atom is -0.303 e. The number of halogens is 2. The number of hydrogen-bond donors (Lipinski definition) is 0. The molecule has 0 aromatic rings. The minimum atomic E-state index is -0.319. The van der Waals surface area contributed by atoms with Crippen LogP contribution in [0.25, 0.3) is 0 Å². The molecule has 0 fully saturated rings. The van der Waals surface area contributed by atoms with Gasteiger partial charge in [0.25, 0.3) is 0 Å². The van der Waals surface area contributed by atoms with Crippen molar-refractivity contribution < 1.29 is 4.48 Å². The van der Waals surface area contributed by atoms with Crippen molar-refractivity contribution in [3.8, 4) is 0 Å². The van der Waals surface area contributed by atoms with Gasteiger partial charge in [-0.2, -0.15) is 0 Å². The first-order valence-electron chi connectivity index (χ1n) is 2.04. The van der Waals surface area contributed by atoms with Crippen LogP contribution in [0.2, 0.25) is 0 Å². The summed E-state index contributed by atoms with van der Waals surface area (Å²) in [5, 5.41) is 0. The second kappa shape index (κ2) is 2.21. The van der Waals surface area contributed by atoms with E-state index in [4.69, 9.17) is 23.2 Å². The highest BCUT2D eigenvalue weighted by atomic mass is 35.5. The number of quaternary nitrogens is 1. The largest absolute Gasteiger partial charge is 0.303 e. The van der Waals surface area contributed by atoms with Gasteiger partial charge in [0, 0.05) is 0 Å². The molecule has 0 bridgehead atoms. The predicted molar refractivity (Wildman–Crippen MR) is 33.5 cm³/mol. The predicted octanol–water partition coefficient (Wildman–Crippen LogP) is 1.45. The highest BCUT2D eigenvalue weighted by Gasteiger charge is 2.15. The molecule has 0 heterocycles. The zero-order chi connectivity index (χ0) is 6.08. The van der Waals surface area contributed by atoms with Gasteiger partial charge < -0.3 is 4.48 Å². The van der Waals surface area contributed by atoms with Crippen LogP contribution in [0.3, 0.4) is 0 Å². The van der Waals surface area contributed by atoms with Gasteiger partial charge in [0.05, 0.1) is 21.1 Å². The van der Waals surface area contributed by atoms with Crippen LogP contribution < -0.4 is 0 Å². The van der Waals surface area contributed by atoms with Crippen LogP contribution >= 0.6 is 23.2 Å². The van der Waals surface area contributed by atoms with E-state index in [1.807, 2.05) is 21.1 Å². The van der Waals surface area contributed by atoms with Crippen molar-refractivity contribution in [2.24, 2.45) is 0 Å². The van der Waals surface area contributed by atoms with Gasteiger partial charge in [0.15, 0.2) is 0 Å². The lowest BCUT2D eigenvalue weighted by Gasteiger charge is -2.24. The summed E-state index contributed by atoms with van der Waals surface area (Å²) in [7, 11) is 5.81. The third kappa shape index (κ3) is 3.15. The lowest BCUT2D eigenvalue weighted by atomic mass is 10.8. The number of hydrogen-bond acceptors (Lipinski definition) is 0. The molecule has 0 amide bonds. The molecular weight excluding hydrogens is 133 g/mol. The average molecular weight is 143 g/mol. The number of nitrogens with zero attached hydrogens (tertiary/aromatic N) is 1. The molecule has 3 heteroatoms. The van der Waals surface area contributed by atoms with E-state index in [0.29, 0.717) is 4.48 Å². The molecule has 0 aliphatic heterocycles.